The molecule has 0 radical (unpaired) electrons. The van der Waals surface area contributed by atoms with Crippen molar-refractivity contribution < 1.29 is 22.7 Å². The lowest BCUT2D eigenvalue weighted by Crippen LogP contribution is -2.35. The molecule has 3 nitrogen and oxygen atoms in total. The van der Waals surface area contributed by atoms with Crippen molar-refractivity contribution in [3.05, 3.63) is 35.9 Å². The highest BCUT2D eigenvalue weighted by Crippen LogP contribution is 2.47. The second-order valence-corrected chi connectivity index (χ2v) is 5.03. The maximum atomic E-state index is 11.9. The third-order valence-electron chi connectivity index (χ3n) is 3.36. The Hall–Kier alpha value is -1.56. The Morgan fingerprint density at radius 3 is 2.45 bits per heavy atom. The van der Waals surface area contributed by atoms with Gasteiger partial charge in [0, 0.05) is 12.0 Å². The number of benzene rings is 1. The van der Waals surface area contributed by atoms with Gasteiger partial charge in [-0.25, -0.2) is 0 Å². The van der Waals surface area contributed by atoms with Crippen molar-refractivity contribution in [3.8, 4) is 0 Å². The molecule has 0 aliphatic heterocycles. The zero-order chi connectivity index (χ0) is 14.6. The quantitative estimate of drug-likeness (QED) is 0.872. The zero-order valence-electron chi connectivity index (χ0n) is 10.9. The van der Waals surface area contributed by atoms with E-state index in [9.17, 15) is 18.0 Å². The van der Waals surface area contributed by atoms with Crippen LogP contribution in [0.5, 0.6) is 0 Å². The third kappa shape index (κ3) is 4.23. The van der Waals surface area contributed by atoms with E-state index in [4.69, 9.17) is 0 Å². The average Bonchev–Trinajstić information content (AvgIpc) is 3.17. The van der Waals surface area contributed by atoms with Crippen LogP contribution in [0, 0.1) is 0 Å². The Balaban J connectivity index is 1.74. The Morgan fingerprint density at radius 1 is 1.25 bits per heavy atom. The molecule has 0 bridgehead atoms. The van der Waals surface area contributed by atoms with Crippen LogP contribution in [0.25, 0.3) is 0 Å². The van der Waals surface area contributed by atoms with E-state index < -0.39 is 25.3 Å². The van der Waals surface area contributed by atoms with Crippen molar-refractivity contribution in [3.63, 3.8) is 0 Å². The summed E-state index contributed by atoms with van der Waals surface area (Å²) in [6.45, 7) is -1.53. The molecule has 1 aliphatic rings. The molecule has 6 heteroatoms. The summed E-state index contributed by atoms with van der Waals surface area (Å²) in [5.41, 5.74) is 1.09. The number of alkyl halides is 3. The highest BCUT2D eigenvalue weighted by atomic mass is 19.4. The second-order valence-electron chi connectivity index (χ2n) is 5.03. The summed E-state index contributed by atoms with van der Waals surface area (Å²) in [6.07, 6.45) is -2.45. The lowest BCUT2D eigenvalue weighted by atomic mass is 9.96. The van der Waals surface area contributed by atoms with Crippen LogP contribution in [0.3, 0.4) is 0 Å². The van der Waals surface area contributed by atoms with Gasteiger partial charge >= 0.3 is 6.18 Å². The van der Waals surface area contributed by atoms with Gasteiger partial charge in [0.25, 0.3) is 0 Å². The number of carbonyl (C=O) groups excluding carboxylic acids is 1. The number of rotatable bonds is 6. The molecule has 2 rings (SSSR count). The molecular weight excluding hydrogens is 271 g/mol. The Morgan fingerprint density at radius 2 is 1.90 bits per heavy atom. The summed E-state index contributed by atoms with van der Waals surface area (Å²) < 4.78 is 39.9. The van der Waals surface area contributed by atoms with Gasteiger partial charge in [-0.1, -0.05) is 30.3 Å². The molecule has 1 fully saturated rings. The fourth-order valence-corrected chi connectivity index (χ4v) is 2.09. The van der Waals surface area contributed by atoms with Crippen LogP contribution in [0.2, 0.25) is 0 Å². The lowest BCUT2D eigenvalue weighted by Gasteiger charge is -2.16. The Kier molecular flexibility index (Phi) is 4.32. The van der Waals surface area contributed by atoms with E-state index >= 15 is 0 Å². The summed E-state index contributed by atoms with van der Waals surface area (Å²) in [7, 11) is 0. The molecular formula is C14H16F3NO2. The van der Waals surface area contributed by atoms with Gasteiger partial charge in [-0.3, -0.25) is 4.79 Å². The molecule has 0 aromatic heterocycles. The molecule has 0 atom stereocenters. The second kappa shape index (κ2) is 5.83. The van der Waals surface area contributed by atoms with Gasteiger partial charge in [0.15, 0.2) is 0 Å². The predicted octanol–water partition coefficient (Wildman–Crippen LogP) is 2.41. The normalized spacial score (nSPS) is 16.8. The molecule has 20 heavy (non-hydrogen) atoms. The molecule has 110 valence electrons. The van der Waals surface area contributed by atoms with Gasteiger partial charge in [-0.15, -0.1) is 0 Å². The summed E-state index contributed by atoms with van der Waals surface area (Å²) >= 11 is 0. The van der Waals surface area contributed by atoms with Crippen molar-refractivity contribution in [2.24, 2.45) is 0 Å². The van der Waals surface area contributed by atoms with E-state index in [0.29, 0.717) is 6.54 Å². The zero-order valence-corrected chi connectivity index (χ0v) is 10.9. The van der Waals surface area contributed by atoms with E-state index in [0.717, 1.165) is 18.4 Å². The summed E-state index contributed by atoms with van der Waals surface area (Å²) in [6, 6.07) is 9.79. The van der Waals surface area contributed by atoms with E-state index in [1.165, 1.54) is 0 Å². The number of hydrogen-bond acceptors (Lipinski definition) is 2. The van der Waals surface area contributed by atoms with Crippen LogP contribution in [0.4, 0.5) is 13.2 Å². The van der Waals surface area contributed by atoms with E-state index in [1.54, 1.807) is 0 Å². The van der Waals surface area contributed by atoms with Crippen molar-refractivity contribution >= 4 is 5.91 Å². The smallest absolute Gasteiger partial charge is 0.362 e. The lowest BCUT2D eigenvalue weighted by molar-refractivity contribution is -0.175. The van der Waals surface area contributed by atoms with Gasteiger partial charge in [-0.2, -0.15) is 13.2 Å². The summed E-state index contributed by atoms with van der Waals surface area (Å²) in [5, 5.41) is 2.64. The molecule has 0 heterocycles. The number of amides is 1. The maximum absolute atomic E-state index is 11.9. The van der Waals surface area contributed by atoms with Crippen LogP contribution in [-0.4, -0.2) is 31.8 Å². The van der Waals surface area contributed by atoms with Crippen LogP contribution in [0.15, 0.2) is 30.3 Å². The van der Waals surface area contributed by atoms with Crippen LogP contribution >= 0.6 is 0 Å². The summed E-state index contributed by atoms with van der Waals surface area (Å²) in [4.78, 5) is 11.4. The first kappa shape index (κ1) is 14.8. The van der Waals surface area contributed by atoms with Crippen LogP contribution in [-0.2, 0) is 14.9 Å². The largest absolute Gasteiger partial charge is 0.411 e. The van der Waals surface area contributed by atoms with Crippen molar-refractivity contribution in [2.75, 3.05) is 19.8 Å². The Labute approximate surface area is 115 Å². The predicted molar refractivity (Wildman–Crippen MR) is 67.2 cm³/mol. The van der Waals surface area contributed by atoms with Gasteiger partial charge < -0.3 is 10.1 Å². The molecule has 1 aromatic rings. The van der Waals surface area contributed by atoms with Gasteiger partial charge in [-0.05, 0) is 18.4 Å². The highest BCUT2D eigenvalue weighted by Gasteiger charge is 2.44. The van der Waals surface area contributed by atoms with E-state index in [2.05, 4.69) is 10.1 Å². The number of halogens is 3. The SMILES string of the molecule is O=C(COCC(F)(F)F)NCC1(c2ccccc2)CC1. The first-order valence-electron chi connectivity index (χ1n) is 6.38. The van der Waals surface area contributed by atoms with Crippen LogP contribution in [0.1, 0.15) is 18.4 Å². The number of nitrogens with one attached hydrogen (secondary N) is 1. The molecule has 1 saturated carbocycles. The fourth-order valence-electron chi connectivity index (χ4n) is 2.09. The monoisotopic (exact) mass is 287 g/mol. The van der Waals surface area contributed by atoms with Gasteiger partial charge in [0.1, 0.15) is 13.2 Å². The molecule has 0 spiro atoms. The maximum Gasteiger partial charge on any atom is 0.411 e. The molecule has 1 aliphatic carbocycles. The molecule has 0 unspecified atom stereocenters. The molecule has 1 N–H and O–H groups in total. The highest BCUT2D eigenvalue weighted by molar-refractivity contribution is 5.77. The van der Waals surface area contributed by atoms with E-state index in [-0.39, 0.29) is 5.41 Å². The standard InChI is InChI=1S/C14H16F3NO2/c15-14(16,17)10-20-8-12(19)18-9-13(6-7-13)11-4-2-1-3-5-11/h1-5H,6-10H2,(H,18,19). The average molecular weight is 287 g/mol. The van der Waals surface area contributed by atoms with Crippen LogP contribution < -0.4 is 5.32 Å². The Bertz CT molecular complexity index is 455. The van der Waals surface area contributed by atoms with Crippen molar-refractivity contribution in [2.45, 2.75) is 24.4 Å². The minimum absolute atomic E-state index is 0.0546. The van der Waals surface area contributed by atoms with Gasteiger partial charge in [0.2, 0.25) is 5.91 Å². The minimum atomic E-state index is -4.40. The minimum Gasteiger partial charge on any atom is -0.362 e. The number of hydrogen-bond donors (Lipinski definition) is 1. The van der Waals surface area contributed by atoms with Gasteiger partial charge in [0.05, 0.1) is 0 Å². The van der Waals surface area contributed by atoms with Crippen molar-refractivity contribution in [1.82, 2.24) is 5.32 Å². The number of ether oxygens (including phenoxy) is 1. The first-order valence-corrected chi connectivity index (χ1v) is 6.38. The van der Waals surface area contributed by atoms with E-state index in [1.807, 2.05) is 30.3 Å². The molecule has 1 amide bonds. The molecule has 0 saturated heterocycles. The number of carbonyl (C=O) groups is 1. The summed E-state index contributed by atoms with van der Waals surface area (Å²) in [5.74, 6) is -0.517. The first-order chi connectivity index (χ1) is 9.41. The van der Waals surface area contributed by atoms with Crippen molar-refractivity contribution in [1.29, 1.82) is 0 Å². The molecule has 1 aromatic carbocycles. The fraction of sp³-hybridized carbons (Fsp3) is 0.500. The third-order valence-corrected chi connectivity index (χ3v) is 3.36. The topological polar surface area (TPSA) is 38.3 Å².